The van der Waals surface area contributed by atoms with Gasteiger partial charge in [0.05, 0.1) is 0 Å². The molecule has 1 aliphatic carbocycles. The van der Waals surface area contributed by atoms with Crippen LogP contribution in [-0.2, 0) is 0 Å². The Kier molecular flexibility index (Phi) is 3.12. The van der Waals surface area contributed by atoms with Gasteiger partial charge >= 0.3 is 0 Å². The molecule has 0 spiro atoms. The van der Waals surface area contributed by atoms with Crippen molar-refractivity contribution in [1.82, 2.24) is 9.69 Å². The maximum Gasteiger partial charge on any atom is 0.258 e. The van der Waals surface area contributed by atoms with E-state index < -0.39 is 0 Å². The van der Waals surface area contributed by atoms with Crippen LogP contribution in [0.5, 0.6) is 0 Å². The maximum absolute atomic E-state index is 12.3. The fourth-order valence-electron chi connectivity index (χ4n) is 2.50. The van der Waals surface area contributed by atoms with Gasteiger partial charge in [-0.05, 0) is 36.2 Å². The predicted molar refractivity (Wildman–Crippen MR) is 77.6 cm³/mol. The molecule has 3 N–H and O–H groups in total. The first kappa shape index (κ1) is 12.7. The number of nitrogens with two attached hydrogens (primary N) is 1. The highest BCUT2D eigenvalue weighted by Crippen LogP contribution is 2.36. The standard InChI is InChI=1S/C13H20N4OS/c1-7-5-17(6-8(7)2)13-10(11(14)16-19-13)12(18)15-9-3-4-9/h7-9H,3-6H2,1-2H3,(H2,14,16)(H,15,18). The highest BCUT2D eigenvalue weighted by Gasteiger charge is 2.33. The topological polar surface area (TPSA) is 71.2 Å². The summed E-state index contributed by atoms with van der Waals surface area (Å²) in [6, 6.07) is 0.344. The molecule has 2 unspecified atom stereocenters. The zero-order valence-corrected chi connectivity index (χ0v) is 12.2. The maximum atomic E-state index is 12.3. The Hall–Kier alpha value is -1.30. The van der Waals surface area contributed by atoms with E-state index in [0.717, 1.165) is 30.9 Å². The average molecular weight is 280 g/mol. The van der Waals surface area contributed by atoms with Crippen molar-refractivity contribution in [2.24, 2.45) is 11.8 Å². The van der Waals surface area contributed by atoms with Gasteiger partial charge in [0, 0.05) is 19.1 Å². The van der Waals surface area contributed by atoms with Gasteiger partial charge in [0.15, 0.2) is 5.82 Å². The molecule has 2 heterocycles. The van der Waals surface area contributed by atoms with Crippen molar-refractivity contribution in [1.29, 1.82) is 0 Å². The van der Waals surface area contributed by atoms with E-state index in [1.165, 1.54) is 11.5 Å². The molecule has 5 nitrogen and oxygen atoms in total. The summed E-state index contributed by atoms with van der Waals surface area (Å²) in [4.78, 5) is 14.5. The molecule has 2 aliphatic rings. The van der Waals surface area contributed by atoms with Crippen LogP contribution in [0.15, 0.2) is 0 Å². The number of hydrogen-bond acceptors (Lipinski definition) is 5. The second kappa shape index (κ2) is 4.67. The van der Waals surface area contributed by atoms with E-state index in [2.05, 4.69) is 28.4 Å². The van der Waals surface area contributed by atoms with Crippen LogP contribution in [-0.4, -0.2) is 29.4 Å². The van der Waals surface area contributed by atoms with Gasteiger partial charge in [0.25, 0.3) is 5.91 Å². The Bertz CT molecular complexity index is 487. The van der Waals surface area contributed by atoms with Gasteiger partial charge in [0.1, 0.15) is 10.6 Å². The fraction of sp³-hybridized carbons (Fsp3) is 0.692. The molecule has 1 saturated carbocycles. The van der Waals surface area contributed by atoms with Crippen LogP contribution in [0.4, 0.5) is 10.8 Å². The number of carbonyl (C=O) groups excluding carboxylic acids is 1. The zero-order chi connectivity index (χ0) is 13.6. The van der Waals surface area contributed by atoms with Crippen LogP contribution in [0, 0.1) is 11.8 Å². The first-order valence-electron chi connectivity index (χ1n) is 6.87. The number of nitrogens with zero attached hydrogens (tertiary/aromatic N) is 2. The van der Waals surface area contributed by atoms with Crippen molar-refractivity contribution in [3.63, 3.8) is 0 Å². The molecule has 6 heteroatoms. The van der Waals surface area contributed by atoms with Gasteiger partial charge in [0.2, 0.25) is 0 Å². The molecule has 1 saturated heterocycles. The van der Waals surface area contributed by atoms with E-state index in [0.29, 0.717) is 29.3 Å². The van der Waals surface area contributed by atoms with Gasteiger partial charge in [-0.25, -0.2) is 0 Å². The minimum atomic E-state index is -0.0593. The third-order valence-corrected chi connectivity index (χ3v) is 5.04. The zero-order valence-electron chi connectivity index (χ0n) is 11.3. The van der Waals surface area contributed by atoms with Crippen LogP contribution in [0.3, 0.4) is 0 Å². The minimum absolute atomic E-state index is 0.0593. The SMILES string of the molecule is CC1CN(c2snc(N)c2C(=O)NC2CC2)CC1C. The molecule has 0 bridgehead atoms. The normalized spacial score (nSPS) is 26.7. The third-order valence-electron chi connectivity index (χ3n) is 4.12. The molecular formula is C13H20N4OS. The lowest BCUT2D eigenvalue weighted by Crippen LogP contribution is -2.28. The van der Waals surface area contributed by atoms with Gasteiger partial charge in [-0.3, -0.25) is 4.79 Å². The van der Waals surface area contributed by atoms with Gasteiger partial charge < -0.3 is 16.0 Å². The molecular weight excluding hydrogens is 260 g/mol. The van der Waals surface area contributed by atoms with E-state index in [1.54, 1.807) is 0 Å². The molecule has 1 aliphatic heterocycles. The Balaban J connectivity index is 1.83. The van der Waals surface area contributed by atoms with Gasteiger partial charge in [-0.15, -0.1) is 0 Å². The summed E-state index contributed by atoms with van der Waals surface area (Å²) in [7, 11) is 0. The molecule has 2 atom stereocenters. The number of anilines is 2. The van der Waals surface area contributed by atoms with Crippen LogP contribution < -0.4 is 16.0 Å². The Morgan fingerprint density at radius 2 is 2.00 bits per heavy atom. The first-order valence-corrected chi connectivity index (χ1v) is 7.64. The minimum Gasteiger partial charge on any atom is -0.382 e. The second-order valence-corrected chi connectivity index (χ2v) is 6.61. The van der Waals surface area contributed by atoms with Gasteiger partial charge in [-0.2, -0.15) is 4.37 Å². The van der Waals surface area contributed by atoms with Gasteiger partial charge in [-0.1, -0.05) is 13.8 Å². The van der Waals surface area contributed by atoms with Crippen molar-refractivity contribution in [3.8, 4) is 0 Å². The quantitative estimate of drug-likeness (QED) is 0.884. The summed E-state index contributed by atoms with van der Waals surface area (Å²) in [5.41, 5.74) is 6.47. The summed E-state index contributed by atoms with van der Waals surface area (Å²) in [6.07, 6.45) is 2.16. The number of carbonyl (C=O) groups is 1. The average Bonchev–Trinajstić information content (AvgIpc) is 2.98. The largest absolute Gasteiger partial charge is 0.382 e. The van der Waals surface area contributed by atoms with Crippen molar-refractivity contribution in [2.45, 2.75) is 32.7 Å². The predicted octanol–water partition coefficient (Wildman–Crippen LogP) is 1.71. The molecule has 3 rings (SSSR count). The number of rotatable bonds is 3. The van der Waals surface area contributed by atoms with E-state index in [4.69, 9.17) is 5.73 Å². The van der Waals surface area contributed by atoms with Crippen molar-refractivity contribution in [2.75, 3.05) is 23.7 Å². The summed E-state index contributed by atoms with van der Waals surface area (Å²) in [5, 5.41) is 3.94. The third kappa shape index (κ3) is 2.41. The number of aromatic nitrogens is 1. The number of nitrogens with one attached hydrogen (secondary N) is 1. The summed E-state index contributed by atoms with van der Waals surface area (Å²) >= 11 is 1.34. The fourth-order valence-corrected chi connectivity index (χ4v) is 3.33. The molecule has 104 valence electrons. The first-order chi connectivity index (χ1) is 9.06. The smallest absolute Gasteiger partial charge is 0.258 e. The van der Waals surface area contributed by atoms with Crippen LogP contribution in [0.25, 0.3) is 0 Å². The lowest BCUT2D eigenvalue weighted by Gasteiger charge is -2.17. The molecule has 19 heavy (non-hydrogen) atoms. The Morgan fingerprint density at radius 3 is 2.58 bits per heavy atom. The lowest BCUT2D eigenvalue weighted by molar-refractivity contribution is 0.0952. The van der Waals surface area contributed by atoms with Crippen LogP contribution in [0.2, 0.25) is 0 Å². The summed E-state index contributed by atoms with van der Waals surface area (Å²) in [6.45, 7) is 6.46. The van der Waals surface area contributed by atoms with Crippen molar-refractivity contribution >= 4 is 28.3 Å². The van der Waals surface area contributed by atoms with E-state index >= 15 is 0 Å². The molecule has 2 fully saturated rings. The molecule has 1 aromatic heterocycles. The van der Waals surface area contributed by atoms with Crippen LogP contribution in [0.1, 0.15) is 37.0 Å². The summed E-state index contributed by atoms with van der Waals surface area (Å²) < 4.78 is 4.18. The molecule has 0 aromatic carbocycles. The second-order valence-electron chi connectivity index (χ2n) is 5.86. The molecule has 1 aromatic rings. The lowest BCUT2D eigenvalue weighted by atomic mass is 10.0. The van der Waals surface area contributed by atoms with E-state index in [1.807, 2.05) is 0 Å². The van der Waals surface area contributed by atoms with Crippen molar-refractivity contribution < 1.29 is 4.79 Å². The molecule has 1 amide bonds. The van der Waals surface area contributed by atoms with Crippen LogP contribution >= 0.6 is 11.5 Å². The molecule has 0 radical (unpaired) electrons. The number of nitrogen functional groups attached to an aromatic ring is 1. The Labute approximate surface area is 117 Å². The summed E-state index contributed by atoms with van der Waals surface area (Å²) in [5.74, 6) is 1.59. The highest BCUT2D eigenvalue weighted by molar-refractivity contribution is 7.11. The van der Waals surface area contributed by atoms with E-state index in [9.17, 15) is 4.79 Å². The van der Waals surface area contributed by atoms with Crippen molar-refractivity contribution in [3.05, 3.63) is 5.56 Å². The highest BCUT2D eigenvalue weighted by atomic mass is 32.1. The Morgan fingerprint density at radius 1 is 1.37 bits per heavy atom. The van der Waals surface area contributed by atoms with E-state index in [-0.39, 0.29) is 5.91 Å². The number of amides is 1. The number of hydrogen-bond donors (Lipinski definition) is 2. The monoisotopic (exact) mass is 280 g/mol.